The molecule has 5 heteroatoms. The number of rotatable bonds is 6. The maximum Gasteiger partial charge on any atom is 0.369 e. The van der Waals surface area contributed by atoms with Crippen molar-refractivity contribution in [2.45, 2.75) is 6.61 Å². The van der Waals surface area contributed by atoms with Crippen LogP contribution < -0.4 is 0 Å². The first-order valence-electron chi connectivity index (χ1n) is 6.02. The molecule has 0 unspecified atom stereocenters. The van der Waals surface area contributed by atoms with Gasteiger partial charge in [-0.25, -0.2) is 0 Å². The Kier molecular flexibility index (Phi) is 5.70. The van der Waals surface area contributed by atoms with Gasteiger partial charge in [-0.1, -0.05) is 30.3 Å². The van der Waals surface area contributed by atoms with Gasteiger partial charge >= 0.3 is 7.94 Å². The minimum Gasteiger partial charge on any atom is -0.176 e. The van der Waals surface area contributed by atoms with Crippen molar-refractivity contribution in [1.29, 1.82) is 0 Å². The molecule has 0 saturated heterocycles. The number of hydrogen-bond acceptors (Lipinski definition) is 4. The fourth-order valence-electron chi connectivity index (χ4n) is 2.16. The molecule has 0 saturated carbocycles. The standard InChI is InChI=1S/C13H25N3OP/c1-14(2)18(15(3)4,16(5)6)17-12-13-10-8-7-9-11-13/h7-11H,12H2,1-6H3/q+1. The fraction of sp³-hybridized carbons (Fsp3) is 0.538. The molecule has 0 amide bonds. The van der Waals surface area contributed by atoms with E-state index in [1.807, 2.05) is 18.2 Å². The van der Waals surface area contributed by atoms with Crippen LogP contribution in [0.25, 0.3) is 0 Å². The van der Waals surface area contributed by atoms with E-state index in [0.717, 1.165) is 0 Å². The molecule has 0 aliphatic carbocycles. The van der Waals surface area contributed by atoms with Crippen LogP contribution in [-0.2, 0) is 11.1 Å². The summed E-state index contributed by atoms with van der Waals surface area (Å²) in [5.41, 5.74) is 1.20. The first-order valence-corrected chi connectivity index (χ1v) is 7.58. The maximum absolute atomic E-state index is 6.29. The van der Waals surface area contributed by atoms with Gasteiger partial charge in [0.25, 0.3) is 0 Å². The molecule has 0 atom stereocenters. The van der Waals surface area contributed by atoms with Crippen LogP contribution in [0.4, 0.5) is 0 Å². The summed E-state index contributed by atoms with van der Waals surface area (Å²) in [6, 6.07) is 10.3. The van der Waals surface area contributed by atoms with Gasteiger partial charge in [-0.2, -0.15) is 4.52 Å². The Morgan fingerprint density at radius 3 is 1.67 bits per heavy atom. The van der Waals surface area contributed by atoms with Gasteiger partial charge < -0.3 is 0 Å². The predicted molar refractivity (Wildman–Crippen MR) is 79.2 cm³/mol. The molecule has 102 valence electrons. The Labute approximate surface area is 112 Å². The van der Waals surface area contributed by atoms with Crippen molar-refractivity contribution in [2.75, 3.05) is 42.3 Å². The highest BCUT2D eigenvalue weighted by Gasteiger charge is 2.50. The zero-order valence-corrected chi connectivity index (χ0v) is 13.2. The van der Waals surface area contributed by atoms with Crippen LogP contribution in [0.1, 0.15) is 5.56 Å². The smallest absolute Gasteiger partial charge is 0.176 e. The highest BCUT2D eigenvalue weighted by molar-refractivity contribution is 7.64. The van der Waals surface area contributed by atoms with Gasteiger partial charge in [-0.05, 0) is 5.56 Å². The van der Waals surface area contributed by atoms with Crippen LogP contribution in [0.5, 0.6) is 0 Å². The van der Waals surface area contributed by atoms with E-state index in [0.29, 0.717) is 6.61 Å². The van der Waals surface area contributed by atoms with Gasteiger partial charge in [0.1, 0.15) is 6.61 Å². The lowest BCUT2D eigenvalue weighted by atomic mass is 10.2. The third kappa shape index (κ3) is 3.28. The lowest BCUT2D eigenvalue weighted by molar-refractivity contribution is 0.230. The van der Waals surface area contributed by atoms with E-state index >= 15 is 0 Å². The Morgan fingerprint density at radius 2 is 1.28 bits per heavy atom. The van der Waals surface area contributed by atoms with Crippen molar-refractivity contribution < 1.29 is 4.52 Å². The molecule has 4 nitrogen and oxygen atoms in total. The van der Waals surface area contributed by atoms with Crippen molar-refractivity contribution in [3.05, 3.63) is 35.9 Å². The van der Waals surface area contributed by atoms with Gasteiger partial charge in [0.05, 0.1) is 0 Å². The predicted octanol–water partition coefficient (Wildman–Crippen LogP) is 2.57. The zero-order chi connectivity index (χ0) is 13.8. The number of hydrogen-bond donors (Lipinski definition) is 0. The van der Waals surface area contributed by atoms with Crippen LogP contribution in [-0.4, -0.2) is 56.3 Å². The van der Waals surface area contributed by atoms with Gasteiger partial charge in [0, 0.05) is 42.3 Å². The summed E-state index contributed by atoms with van der Waals surface area (Å²) in [7, 11) is 10.5. The van der Waals surface area contributed by atoms with Crippen molar-refractivity contribution in [3.8, 4) is 0 Å². The molecule has 0 radical (unpaired) electrons. The molecule has 0 bridgehead atoms. The highest BCUT2D eigenvalue weighted by atomic mass is 31.2. The molecule has 0 aliphatic rings. The Bertz CT molecular complexity index is 333. The summed E-state index contributed by atoms with van der Waals surface area (Å²) < 4.78 is 12.8. The SMILES string of the molecule is CN(C)[P+](OCc1ccccc1)(N(C)C)N(C)C. The molecule has 1 aromatic carbocycles. The lowest BCUT2D eigenvalue weighted by Crippen LogP contribution is -2.37. The second kappa shape index (κ2) is 6.60. The largest absolute Gasteiger partial charge is 0.369 e. The van der Waals surface area contributed by atoms with Crippen LogP contribution in [0, 0.1) is 0 Å². The van der Waals surface area contributed by atoms with E-state index < -0.39 is 7.94 Å². The first kappa shape index (κ1) is 15.5. The highest BCUT2D eigenvalue weighted by Crippen LogP contribution is 2.64. The maximum atomic E-state index is 6.29. The zero-order valence-electron chi connectivity index (χ0n) is 12.3. The van der Waals surface area contributed by atoms with Crippen molar-refractivity contribution >= 4 is 7.94 Å². The van der Waals surface area contributed by atoms with Crippen LogP contribution in [0.3, 0.4) is 0 Å². The molecule has 0 aromatic heterocycles. The molecule has 0 fully saturated rings. The van der Waals surface area contributed by atoms with Crippen LogP contribution >= 0.6 is 7.94 Å². The number of benzene rings is 1. The average Bonchev–Trinajstić information content (AvgIpc) is 2.29. The van der Waals surface area contributed by atoms with E-state index in [9.17, 15) is 0 Å². The quantitative estimate of drug-likeness (QED) is 0.739. The van der Waals surface area contributed by atoms with Crippen molar-refractivity contribution in [3.63, 3.8) is 0 Å². The van der Waals surface area contributed by atoms with E-state index in [1.165, 1.54) is 5.56 Å². The van der Waals surface area contributed by atoms with Gasteiger partial charge in [0.15, 0.2) is 0 Å². The number of nitrogens with zero attached hydrogens (tertiary/aromatic N) is 3. The van der Waals surface area contributed by atoms with Crippen LogP contribution in [0.2, 0.25) is 0 Å². The second-order valence-electron chi connectivity index (χ2n) is 4.81. The fourth-order valence-corrected chi connectivity index (χ4v) is 5.32. The Hall–Kier alpha value is -0.510. The summed E-state index contributed by atoms with van der Waals surface area (Å²) in [5, 5.41) is 0. The molecular formula is C13H25N3OP+. The molecule has 0 heterocycles. The summed E-state index contributed by atoms with van der Waals surface area (Å²) in [6.07, 6.45) is 0. The minimum absolute atomic E-state index is 0.628. The van der Waals surface area contributed by atoms with Gasteiger partial charge in [0.2, 0.25) is 0 Å². The second-order valence-corrected chi connectivity index (χ2v) is 8.50. The Balaban J connectivity index is 2.86. The monoisotopic (exact) mass is 270 g/mol. The average molecular weight is 270 g/mol. The topological polar surface area (TPSA) is 19.0 Å². The third-order valence-electron chi connectivity index (χ3n) is 2.81. The van der Waals surface area contributed by atoms with E-state index in [4.69, 9.17) is 4.52 Å². The summed E-state index contributed by atoms with van der Waals surface area (Å²) >= 11 is 0. The summed E-state index contributed by atoms with van der Waals surface area (Å²) in [5.74, 6) is 0. The third-order valence-corrected chi connectivity index (χ3v) is 6.41. The van der Waals surface area contributed by atoms with Crippen LogP contribution in [0.15, 0.2) is 30.3 Å². The van der Waals surface area contributed by atoms with E-state index in [-0.39, 0.29) is 0 Å². The van der Waals surface area contributed by atoms with Crippen molar-refractivity contribution in [2.24, 2.45) is 0 Å². The molecule has 0 N–H and O–H groups in total. The van der Waals surface area contributed by atoms with E-state index in [1.54, 1.807) is 0 Å². The normalized spacial score (nSPS) is 12.7. The first-order chi connectivity index (χ1) is 8.41. The van der Waals surface area contributed by atoms with Crippen molar-refractivity contribution in [1.82, 2.24) is 14.0 Å². The molecule has 0 aliphatic heterocycles. The molecule has 1 rings (SSSR count). The van der Waals surface area contributed by atoms with Gasteiger partial charge in [-0.3, -0.25) is 0 Å². The summed E-state index contributed by atoms with van der Waals surface area (Å²) in [6.45, 7) is 0.628. The molecule has 18 heavy (non-hydrogen) atoms. The van der Waals surface area contributed by atoms with Gasteiger partial charge in [-0.15, -0.1) is 14.0 Å². The lowest BCUT2D eigenvalue weighted by Gasteiger charge is -2.37. The Morgan fingerprint density at radius 1 is 0.833 bits per heavy atom. The van der Waals surface area contributed by atoms with E-state index in [2.05, 4.69) is 68.4 Å². The molecule has 1 aromatic rings. The minimum atomic E-state index is -1.88. The molecule has 0 spiro atoms. The summed E-state index contributed by atoms with van der Waals surface area (Å²) in [4.78, 5) is 0. The molecular weight excluding hydrogens is 245 g/mol.